The fourth-order valence-corrected chi connectivity index (χ4v) is 4.02. The van der Waals surface area contributed by atoms with E-state index in [-0.39, 0.29) is 11.7 Å². The highest BCUT2D eigenvalue weighted by atomic mass is 16.6. The highest BCUT2D eigenvalue weighted by molar-refractivity contribution is 5.29. The van der Waals surface area contributed by atoms with Crippen molar-refractivity contribution in [2.45, 2.75) is 57.3 Å². The minimum atomic E-state index is -0.312. The third-order valence-corrected chi connectivity index (χ3v) is 5.42. The van der Waals surface area contributed by atoms with E-state index in [0.29, 0.717) is 31.7 Å². The zero-order chi connectivity index (χ0) is 18.6. The molecule has 1 aliphatic heterocycles. The second-order valence-electron chi connectivity index (χ2n) is 7.37. The Morgan fingerprint density at radius 3 is 2.70 bits per heavy atom. The topological polar surface area (TPSA) is 62.6 Å². The molecule has 0 bridgehead atoms. The molecule has 6 heteroatoms. The van der Waals surface area contributed by atoms with E-state index in [9.17, 15) is 4.79 Å². The van der Waals surface area contributed by atoms with Crippen molar-refractivity contribution in [2.24, 2.45) is 0 Å². The van der Waals surface area contributed by atoms with Crippen LogP contribution in [0.4, 0.5) is 0 Å². The summed E-state index contributed by atoms with van der Waals surface area (Å²) < 4.78 is 18.7. The van der Waals surface area contributed by atoms with E-state index >= 15 is 0 Å². The molecule has 2 heterocycles. The quantitative estimate of drug-likeness (QED) is 0.781. The van der Waals surface area contributed by atoms with Crippen molar-refractivity contribution < 1.29 is 14.2 Å². The molecule has 0 radical (unpaired) electrons. The van der Waals surface area contributed by atoms with Gasteiger partial charge in [-0.1, -0.05) is 31.4 Å². The zero-order valence-corrected chi connectivity index (χ0v) is 15.7. The number of methoxy groups -OCH3 is 1. The van der Waals surface area contributed by atoms with Crippen LogP contribution >= 0.6 is 0 Å². The highest BCUT2D eigenvalue weighted by Crippen LogP contribution is 2.33. The first-order valence-corrected chi connectivity index (χ1v) is 9.72. The molecule has 1 fully saturated rings. The molecule has 1 aliphatic carbocycles. The molecule has 4 rings (SSSR count). The van der Waals surface area contributed by atoms with Gasteiger partial charge in [0.2, 0.25) is 0 Å². The maximum Gasteiger partial charge on any atom is 0.300 e. The van der Waals surface area contributed by atoms with Gasteiger partial charge in [0.1, 0.15) is 12.4 Å². The molecule has 0 saturated heterocycles. The molecular formula is C21H26N2O4. The van der Waals surface area contributed by atoms with Gasteiger partial charge >= 0.3 is 6.01 Å². The van der Waals surface area contributed by atoms with E-state index in [1.807, 2.05) is 16.7 Å². The normalized spacial score (nSPS) is 19.5. The Balaban J connectivity index is 1.35. The Morgan fingerprint density at radius 1 is 1.19 bits per heavy atom. The monoisotopic (exact) mass is 370 g/mol. The summed E-state index contributed by atoms with van der Waals surface area (Å²) in [6, 6.07) is 10.3. The van der Waals surface area contributed by atoms with Gasteiger partial charge in [-0.3, -0.25) is 9.36 Å². The second-order valence-corrected chi connectivity index (χ2v) is 7.37. The molecule has 2 aromatic rings. The van der Waals surface area contributed by atoms with Crippen molar-refractivity contribution in [3.63, 3.8) is 0 Å². The number of hydrogen-bond donors (Lipinski definition) is 0. The standard InChI is InChI=1S/C21H26N2O4/c1-25-13-17-11-20(24)22-21-23(17)12-19(27-21)14-26-18-9-7-16(8-10-18)15-5-3-2-4-6-15/h7-11,15,19H,2-6,12-14H2,1H3/t19-/m0/s1. The van der Waals surface area contributed by atoms with E-state index in [1.54, 1.807) is 7.11 Å². The van der Waals surface area contributed by atoms with Gasteiger partial charge in [0.15, 0.2) is 6.10 Å². The van der Waals surface area contributed by atoms with Gasteiger partial charge in [0, 0.05) is 13.2 Å². The van der Waals surface area contributed by atoms with Crippen molar-refractivity contribution in [2.75, 3.05) is 13.7 Å². The molecular weight excluding hydrogens is 344 g/mol. The summed E-state index contributed by atoms with van der Waals surface area (Å²) in [5.74, 6) is 1.54. The summed E-state index contributed by atoms with van der Waals surface area (Å²) >= 11 is 0. The SMILES string of the molecule is COCc1cc(=O)nc2n1C[C@@H](COc1ccc(C3CCCCC3)cc1)O2. The van der Waals surface area contributed by atoms with E-state index in [1.165, 1.54) is 43.7 Å². The van der Waals surface area contributed by atoms with Crippen LogP contribution in [-0.4, -0.2) is 29.4 Å². The van der Waals surface area contributed by atoms with Gasteiger partial charge in [-0.05, 0) is 36.5 Å². The van der Waals surface area contributed by atoms with Crippen LogP contribution in [0.3, 0.4) is 0 Å². The van der Waals surface area contributed by atoms with Gasteiger partial charge in [0.25, 0.3) is 5.56 Å². The summed E-state index contributed by atoms with van der Waals surface area (Å²) in [5.41, 5.74) is 1.87. The first-order chi connectivity index (χ1) is 13.2. The fourth-order valence-electron chi connectivity index (χ4n) is 4.02. The number of rotatable bonds is 6. The first kappa shape index (κ1) is 18.0. The summed E-state index contributed by atoms with van der Waals surface area (Å²) in [5, 5.41) is 0. The highest BCUT2D eigenvalue weighted by Gasteiger charge is 2.26. The van der Waals surface area contributed by atoms with Crippen LogP contribution in [0.25, 0.3) is 0 Å². The average molecular weight is 370 g/mol. The van der Waals surface area contributed by atoms with Crippen molar-refractivity contribution in [3.8, 4) is 11.8 Å². The van der Waals surface area contributed by atoms with Crippen LogP contribution in [0.15, 0.2) is 35.1 Å². The van der Waals surface area contributed by atoms with Crippen LogP contribution in [0, 0.1) is 0 Å². The van der Waals surface area contributed by atoms with Crippen LogP contribution in [0.5, 0.6) is 11.8 Å². The summed E-state index contributed by atoms with van der Waals surface area (Å²) in [4.78, 5) is 15.6. The zero-order valence-electron chi connectivity index (χ0n) is 15.7. The van der Waals surface area contributed by atoms with Crippen LogP contribution in [-0.2, 0) is 17.9 Å². The Bertz CT molecular complexity index is 825. The predicted octanol–water partition coefficient (Wildman–Crippen LogP) is 3.28. The molecule has 1 saturated carbocycles. The number of nitrogens with zero attached hydrogens (tertiary/aromatic N) is 2. The van der Waals surface area contributed by atoms with Gasteiger partial charge in [-0.15, -0.1) is 0 Å². The molecule has 6 nitrogen and oxygen atoms in total. The van der Waals surface area contributed by atoms with Crippen LogP contribution in [0.1, 0.15) is 49.3 Å². The second kappa shape index (κ2) is 8.13. The number of ether oxygens (including phenoxy) is 3. The van der Waals surface area contributed by atoms with E-state index in [0.717, 1.165) is 11.4 Å². The molecule has 144 valence electrons. The largest absolute Gasteiger partial charge is 0.490 e. The van der Waals surface area contributed by atoms with E-state index < -0.39 is 0 Å². The van der Waals surface area contributed by atoms with E-state index in [2.05, 4.69) is 17.1 Å². The van der Waals surface area contributed by atoms with Gasteiger partial charge in [-0.2, -0.15) is 4.98 Å². The Kier molecular flexibility index (Phi) is 5.43. The summed E-state index contributed by atoms with van der Waals surface area (Å²) in [6.45, 7) is 1.36. The first-order valence-electron chi connectivity index (χ1n) is 9.72. The van der Waals surface area contributed by atoms with Crippen LogP contribution < -0.4 is 15.0 Å². The Morgan fingerprint density at radius 2 is 1.96 bits per heavy atom. The maximum atomic E-state index is 11.7. The lowest BCUT2D eigenvalue weighted by atomic mass is 9.84. The maximum absolute atomic E-state index is 11.7. The molecule has 0 unspecified atom stereocenters. The molecule has 1 aromatic heterocycles. The minimum Gasteiger partial charge on any atom is -0.490 e. The van der Waals surface area contributed by atoms with Crippen LogP contribution in [0.2, 0.25) is 0 Å². The van der Waals surface area contributed by atoms with Crippen molar-refractivity contribution in [1.29, 1.82) is 0 Å². The fraction of sp³-hybridized carbons (Fsp3) is 0.524. The van der Waals surface area contributed by atoms with Crippen molar-refractivity contribution in [3.05, 3.63) is 51.9 Å². The molecule has 1 aromatic carbocycles. The molecule has 27 heavy (non-hydrogen) atoms. The third-order valence-electron chi connectivity index (χ3n) is 5.42. The number of fused-ring (bicyclic) bond motifs is 1. The number of aromatic nitrogens is 2. The van der Waals surface area contributed by atoms with Gasteiger partial charge < -0.3 is 14.2 Å². The molecule has 0 spiro atoms. The van der Waals surface area contributed by atoms with Gasteiger partial charge in [-0.25, -0.2) is 0 Å². The molecule has 1 atom stereocenters. The Hall–Kier alpha value is -2.34. The summed E-state index contributed by atoms with van der Waals surface area (Å²) in [7, 11) is 1.60. The van der Waals surface area contributed by atoms with Gasteiger partial charge in [0.05, 0.1) is 18.8 Å². The third kappa shape index (κ3) is 4.16. The van der Waals surface area contributed by atoms with Crippen molar-refractivity contribution >= 4 is 0 Å². The summed E-state index contributed by atoms with van der Waals surface area (Å²) in [6.07, 6.45) is 6.46. The number of benzene rings is 1. The average Bonchev–Trinajstić information content (AvgIpc) is 3.11. The van der Waals surface area contributed by atoms with E-state index in [4.69, 9.17) is 14.2 Å². The Labute approximate surface area is 159 Å². The number of hydrogen-bond acceptors (Lipinski definition) is 5. The lowest BCUT2D eigenvalue weighted by molar-refractivity contribution is 0.143. The minimum absolute atomic E-state index is 0.173. The molecule has 0 N–H and O–H groups in total. The lowest BCUT2D eigenvalue weighted by Gasteiger charge is -2.22. The smallest absolute Gasteiger partial charge is 0.300 e. The molecule has 0 amide bonds. The van der Waals surface area contributed by atoms with Crippen molar-refractivity contribution in [1.82, 2.24) is 9.55 Å². The lowest BCUT2D eigenvalue weighted by Crippen LogP contribution is -2.23. The molecule has 2 aliphatic rings. The predicted molar refractivity (Wildman–Crippen MR) is 101 cm³/mol.